The maximum absolute atomic E-state index is 12.5. The summed E-state index contributed by atoms with van der Waals surface area (Å²) in [6.07, 6.45) is 0. The summed E-state index contributed by atoms with van der Waals surface area (Å²) >= 11 is 1.18. The van der Waals surface area contributed by atoms with Crippen molar-refractivity contribution in [2.24, 2.45) is 0 Å². The Kier molecular flexibility index (Phi) is 6.58. The number of rotatable bonds is 7. The van der Waals surface area contributed by atoms with Crippen LogP contribution in [0.1, 0.15) is 20.8 Å². The largest absolute Gasteiger partial charge is 0.355 e. The molecular weight excluding hydrogens is 340 g/mol. The highest BCUT2D eigenvalue weighted by Gasteiger charge is 2.16. The third kappa shape index (κ3) is 4.60. The van der Waals surface area contributed by atoms with Gasteiger partial charge in [-0.3, -0.25) is 19.0 Å². The lowest BCUT2D eigenvalue weighted by Crippen LogP contribution is -2.45. The van der Waals surface area contributed by atoms with Crippen LogP contribution in [-0.4, -0.2) is 39.7 Å². The van der Waals surface area contributed by atoms with Gasteiger partial charge in [0.2, 0.25) is 11.8 Å². The number of para-hydroxylation sites is 1. The smallest absolute Gasteiger partial charge is 0.262 e. The monoisotopic (exact) mass is 362 g/mol. The van der Waals surface area contributed by atoms with E-state index in [1.165, 1.54) is 11.8 Å². The molecule has 1 aromatic heterocycles. The molecule has 1 aromatic carbocycles. The Morgan fingerprint density at radius 1 is 1.28 bits per heavy atom. The van der Waals surface area contributed by atoms with Gasteiger partial charge in [-0.1, -0.05) is 23.9 Å². The maximum atomic E-state index is 12.5. The highest BCUT2D eigenvalue weighted by atomic mass is 32.2. The van der Waals surface area contributed by atoms with Crippen LogP contribution < -0.4 is 16.2 Å². The standard InChI is InChI=1S/C17H22N4O3S/c1-4-18-15(23)11(3)19-14(22)10-25-17-20-13-9-7-6-8-12(13)16(24)21(17)5-2/h6-9,11H,4-5,10H2,1-3H3,(H,18,23)(H,19,22)/t11-/m1/s1. The van der Waals surface area contributed by atoms with Crippen LogP contribution in [-0.2, 0) is 16.1 Å². The van der Waals surface area contributed by atoms with Gasteiger partial charge in [-0.25, -0.2) is 4.98 Å². The summed E-state index contributed by atoms with van der Waals surface area (Å²) in [4.78, 5) is 40.7. The average molecular weight is 362 g/mol. The molecule has 0 radical (unpaired) electrons. The second-order valence-corrected chi connectivity index (χ2v) is 6.38. The lowest BCUT2D eigenvalue weighted by Gasteiger charge is -2.14. The van der Waals surface area contributed by atoms with Crippen LogP contribution in [0.5, 0.6) is 0 Å². The number of aromatic nitrogens is 2. The first-order valence-electron chi connectivity index (χ1n) is 8.17. The van der Waals surface area contributed by atoms with Crippen molar-refractivity contribution < 1.29 is 9.59 Å². The van der Waals surface area contributed by atoms with E-state index in [2.05, 4.69) is 15.6 Å². The number of thioether (sulfide) groups is 1. The molecule has 2 amide bonds. The molecule has 0 spiro atoms. The fraction of sp³-hybridized carbons (Fsp3) is 0.412. The summed E-state index contributed by atoms with van der Waals surface area (Å²) in [5, 5.41) is 6.34. The number of nitrogens with zero attached hydrogens (tertiary/aromatic N) is 2. The minimum absolute atomic E-state index is 0.0779. The number of fused-ring (bicyclic) bond motifs is 1. The fourth-order valence-corrected chi connectivity index (χ4v) is 3.22. The lowest BCUT2D eigenvalue weighted by molar-refractivity contribution is -0.127. The molecule has 0 saturated heterocycles. The number of nitrogens with one attached hydrogen (secondary N) is 2. The molecule has 0 bridgehead atoms. The number of likely N-dealkylation sites (N-methyl/N-ethyl adjacent to an activating group) is 1. The maximum Gasteiger partial charge on any atom is 0.262 e. The third-order valence-corrected chi connectivity index (χ3v) is 4.57. The number of carbonyl (C=O) groups excluding carboxylic acids is 2. The summed E-state index contributed by atoms with van der Waals surface area (Å²) in [6.45, 7) is 6.29. The van der Waals surface area contributed by atoms with Crippen LogP contribution in [0.2, 0.25) is 0 Å². The van der Waals surface area contributed by atoms with E-state index in [0.29, 0.717) is 29.1 Å². The molecule has 134 valence electrons. The molecule has 2 rings (SSSR count). The number of hydrogen-bond donors (Lipinski definition) is 2. The summed E-state index contributed by atoms with van der Waals surface area (Å²) in [5.41, 5.74) is 0.488. The van der Waals surface area contributed by atoms with Gasteiger partial charge >= 0.3 is 0 Å². The fourth-order valence-electron chi connectivity index (χ4n) is 2.34. The zero-order valence-corrected chi connectivity index (χ0v) is 15.4. The molecule has 8 heteroatoms. The molecule has 0 aliphatic rings. The van der Waals surface area contributed by atoms with Gasteiger partial charge in [0.25, 0.3) is 5.56 Å². The molecule has 2 N–H and O–H groups in total. The van der Waals surface area contributed by atoms with Gasteiger partial charge in [0.15, 0.2) is 5.16 Å². The normalized spacial score (nSPS) is 12.0. The van der Waals surface area contributed by atoms with Crippen LogP contribution in [0.4, 0.5) is 0 Å². The van der Waals surface area contributed by atoms with Crippen molar-refractivity contribution >= 4 is 34.5 Å². The van der Waals surface area contributed by atoms with E-state index >= 15 is 0 Å². The van der Waals surface area contributed by atoms with Gasteiger partial charge < -0.3 is 10.6 Å². The predicted octanol–water partition coefficient (Wildman–Crippen LogP) is 1.15. The van der Waals surface area contributed by atoms with Crippen molar-refractivity contribution in [1.29, 1.82) is 0 Å². The van der Waals surface area contributed by atoms with E-state index < -0.39 is 6.04 Å². The number of amides is 2. The molecule has 25 heavy (non-hydrogen) atoms. The molecule has 2 aromatic rings. The Morgan fingerprint density at radius 2 is 2.00 bits per heavy atom. The van der Waals surface area contributed by atoms with Gasteiger partial charge in [-0.05, 0) is 32.9 Å². The predicted molar refractivity (Wildman–Crippen MR) is 98.7 cm³/mol. The van der Waals surface area contributed by atoms with E-state index in [9.17, 15) is 14.4 Å². The van der Waals surface area contributed by atoms with Crippen LogP contribution in [0.15, 0.2) is 34.2 Å². The summed E-state index contributed by atoms with van der Waals surface area (Å²) in [5.74, 6) is -0.432. The van der Waals surface area contributed by atoms with Gasteiger partial charge in [-0.15, -0.1) is 0 Å². The van der Waals surface area contributed by atoms with Crippen molar-refractivity contribution in [2.75, 3.05) is 12.3 Å². The Labute approximate surface area is 150 Å². The van der Waals surface area contributed by atoms with Crippen molar-refractivity contribution in [2.45, 2.75) is 38.5 Å². The SMILES string of the molecule is CCNC(=O)[C@@H](C)NC(=O)CSc1nc2ccccc2c(=O)n1CC. The number of hydrogen-bond acceptors (Lipinski definition) is 5. The van der Waals surface area contributed by atoms with Crippen molar-refractivity contribution in [3.05, 3.63) is 34.6 Å². The highest BCUT2D eigenvalue weighted by molar-refractivity contribution is 7.99. The molecule has 0 saturated carbocycles. The van der Waals surface area contributed by atoms with Gasteiger partial charge in [0.05, 0.1) is 16.7 Å². The molecule has 0 unspecified atom stereocenters. The highest BCUT2D eigenvalue weighted by Crippen LogP contribution is 2.17. The summed E-state index contributed by atoms with van der Waals surface area (Å²) in [6, 6.07) is 6.53. The number of carbonyl (C=O) groups is 2. The van der Waals surface area contributed by atoms with Gasteiger partial charge in [0, 0.05) is 13.1 Å². The lowest BCUT2D eigenvalue weighted by atomic mass is 10.2. The Hall–Kier alpha value is -2.35. The van der Waals surface area contributed by atoms with Gasteiger partial charge in [0.1, 0.15) is 6.04 Å². The third-order valence-electron chi connectivity index (χ3n) is 3.60. The van der Waals surface area contributed by atoms with Crippen molar-refractivity contribution in [3.63, 3.8) is 0 Å². The Morgan fingerprint density at radius 3 is 2.68 bits per heavy atom. The summed E-state index contributed by atoms with van der Waals surface area (Å²) in [7, 11) is 0. The number of benzene rings is 1. The van der Waals surface area contributed by atoms with Crippen molar-refractivity contribution in [3.8, 4) is 0 Å². The van der Waals surface area contributed by atoms with Crippen LogP contribution in [0, 0.1) is 0 Å². The first-order chi connectivity index (χ1) is 12.0. The van der Waals surface area contributed by atoms with E-state index in [4.69, 9.17) is 0 Å². The second-order valence-electron chi connectivity index (χ2n) is 5.43. The quantitative estimate of drug-likeness (QED) is 0.569. The minimum atomic E-state index is -0.606. The summed E-state index contributed by atoms with van der Waals surface area (Å²) < 4.78 is 1.55. The molecule has 0 fully saturated rings. The van der Waals surface area contributed by atoms with Crippen LogP contribution in [0.3, 0.4) is 0 Å². The van der Waals surface area contributed by atoms with Crippen LogP contribution >= 0.6 is 11.8 Å². The average Bonchev–Trinajstić information content (AvgIpc) is 2.60. The molecular formula is C17H22N4O3S. The minimum Gasteiger partial charge on any atom is -0.355 e. The van der Waals surface area contributed by atoms with Gasteiger partial charge in [-0.2, -0.15) is 0 Å². The Bertz CT molecular complexity index is 834. The Balaban J connectivity index is 2.11. The molecule has 0 aliphatic carbocycles. The van der Waals surface area contributed by atoms with Crippen molar-refractivity contribution in [1.82, 2.24) is 20.2 Å². The molecule has 1 heterocycles. The topological polar surface area (TPSA) is 93.1 Å². The van der Waals surface area contributed by atoms with Crippen LogP contribution in [0.25, 0.3) is 10.9 Å². The first kappa shape index (κ1) is 19.0. The molecule has 1 atom stereocenters. The van der Waals surface area contributed by atoms with E-state index in [1.807, 2.05) is 19.9 Å². The zero-order chi connectivity index (χ0) is 18.4. The molecule has 7 nitrogen and oxygen atoms in total. The first-order valence-corrected chi connectivity index (χ1v) is 9.15. The van der Waals surface area contributed by atoms with E-state index in [1.54, 1.807) is 29.7 Å². The molecule has 0 aliphatic heterocycles. The van der Waals surface area contributed by atoms with E-state index in [0.717, 1.165) is 0 Å². The zero-order valence-electron chi connectivity index (χ0n) is 14.5. The van der Waals surface area contributed by atoms with E-state index in [-0.39, 0.29) is 23.1 Å². The second kappa shape index (κ2) is 8.66.